The summed E-state index contributed by atoms with van der Waals surface area (Å²) in [5.41, 5.74) is 2.16. The molecule has 0 radical (unpaired) electrons. The normalized spacial score (nSPS) is 14.1. The number of benzene rings is 1. The third-order valence-electron chi connectivity index (χ3n) is 5.19. The smallest absolute Gasteiger partial charge is 0.163 e. The quantitative estimate of drug-likeness (QED) is 0.601. The molecule has 3 heterocycles. The number of aromatic nitrogens is 2. The van der Waals surface area contributed by atoms with E-state index in [1.165, 1.54) is 18.2 Å². The maximum Gasteiger partial charge on any atom is 0.163 e. The molecular formula is C21H29ClN4O2. The Balaban J connectivity index is 0.00000225. The first-order valence-electron chi connectivity index (χ1n) is 9.68. The highest BCUT2D eigenvalue weighted by Gasteiger charge is 2.20. The molecule has 0 saturated carbocycles. The molecule has 1 fully saturated rings. The maximum atomic E-state index is 6.01. The van der Waals surface area contributed by atoms with Gasteiger partial charge in [-0.3, -0.25) is 0 Å². The predicted molar refractivity (Wildman–Crippen MR) is 118 cm³/mol. The Morgan fingerprint density at radius 2 is 1.93 bits per heavy atom. The van der Waals surface area contributed by atoms with Crippen molar-refractivity contribution in [3.8, 4) is 11.5 Å². The van der Waals surface area contributed by atoms with E-state index in [0.717, 1.165) is 59.8 Å². The Morgan fingerprint density at radius 1 is 1.14 bits per heavy atom. The molecule has 1 saturated heterocycles. The van der Waals surface area contributed by atoms with E-state index in [9.17, 15) is 0 Å². The molecule has 1 aliphatic heterocycles. The van der Waals surface area contributed by atoms with E-state index in [1.54, 1.807) is 7.11 Å². The number of pyridine rings is 1. The molecule has 28 heavy (non-hydrogen) atoms. The van der Waals surface area contributed by atoms with Crippen molar-refractivity contribution in [2.45, 2.75) is 19.3 Å². The molecule has 0 amide bonds. The van der Waals surface area contributed by atoms with Gasteiger partial charge < -0.3 is 24.3 Å². The van der Waals surface area contributed by atoms with Crippen molar-refractivity contribution in [3.05, 3.63) is 24.4 Å². The maximum absolute atomic E-state index is 6.01. The lowest BCUT2D eigenvalue weighted by atomic mass is 10.1. The number of anilines is 1. The summed E-state index contributed by atoms with van der Waals surface area (Å²) in [6, 6.07) is 6.17. The lowest BCUT2D eigenvalue weighted by Crippen LogP contribution is -2.19. The van der Waals surface area contributed by atoms with Crippen LogP contribution >= 0.6 is 12.4 Å². The van der Waals surface area contributed by atoms with Crippen LogP contribution in [0.25, 0.3) is 21.8 Å². The van der Waals surface area contributed by atoms with Crippen LogP contribution in [0, 0.1) is 0 Å². The summed E-state index contributed by atoms with van der Waals surface area (Å²) in [7, 11) is 5.84. The van der Waals surface area contributed by atoms with E-state index in [-0.39, 0.29) is 12.4 Å². The Labute approximate surface area is 172 Å². The summed E-state index contributed by atoms with van der Waals surface area (Å²) >= 11 is 0. The number of nitrogens with one attached hydrogen (secondary N) is 1. The van der Waals surface area contributed by atoms with Crippen molar-refractivity contribution >= 4 is 40.0 Å². The van der Waals surface area contributed by atoms with Gasteiger partial charge in [-0.15, -0.1) is 12.4 Å². The first-order chi connectivity index (χ1) is 13.2. The van der Waals surface area contributed by atoms with Gasteiger partial charge in [-0.25, -0.2) is 4.98 Å². The Bertz CT molecular complexity index is 935. The van der Waals surface area contributed by atoms with E-state index in [1.807, 2.05) is 12.3 Å². The summed E-state index contributed by atoms with van der Waals surface area (Å²) < 4.78 is 11.6. The number of ether oxygens (including phenoxy) is 2. The molecule has 0 aliphatic carbocycles. The summed E-state index contributed by atoms with van der Waals surface area (Å²) in [5.74, 6) is 2.62. The molecule has 2 aromatic heterocycles. The number of methoxy groups -OCH3 is 1. The van der Waals surface area contributed by atoms with E-state index in [2.05, 4.69) is 41.0 Å². The fourth-order valence-electron chi connectivity index (χ4n) is 3.84. The highest BCUT2D eigenvalue weighted by molar-refractivity contribution is 6.13. The standard InChI is InChI=1S/C21H28N4O2.ClH/c1-24(2)9-6-12-27-19-14-17-15(13-18(19)26-3)20-16(23-17)7-8-22-21(20)25-10-4-5-11-25;/h7-8,13-14,23H,4-6,9-12H2,1-3H3;1H. The van der Waals surface area contributed by atoms with Crippen molar-refractivity contribution in [1.29, 1.82) is 0 Å². The molecule has 3 aromatic rings. The molecule has 4 rings (SSSR count). The van der Waals surface area contributed by atoms with Gasteiger partial charge in [-0.1, -0.05) is 0 Å². The zero-order chi connectivity index (χ0) is 18.8. The minimum atomic E-state index is 0. The second-order valence-corrected chi connectivity index (χ2v) is 7.43. The largest absolute Gasteiger partial charge is 0.493 e. The number of nitrogens with zero attached hydrogens (tertiary/aromatic N) is 3. The average molecular weight is 405 g/mol. The van der Waals surface area contributed by atoms with Gasteiger partial charge in [-0.05, 0) is 45.5 Å². The molecule has 7 heteroatoms. The summed E-state index contributed by atoms with van der Waals surface area (Å²) in [4.78, 5) is 12.8. The molecule has 1 aromatic carbocycles. The van der Waals surface area contributed by atoms with Gasteiger partial charge in [0.15, 0.2) is 11.5 Å². The van der Waals surface area contributed by atoms with Gasteiger partial charge in [0.1, 0.15) is 5.82 Å². The van der Waals surface area contributed by atoms with Gasteiger partial charge in [-0.2, -0.15) is 0 Å². The summed E-state index contributed by atoms with van der Waals surface area (Å²) in [6.07, 6.45) is 5.33. The van der Waals surface area contributed by atoms with Gasteiger partial charge >= 0.3 is 0 Å². The second-order valence-electron chi connectivity index (χ2n) is 7.43. The van der Waals surface area contributed by atoms with Gasteiger partial charge in [0.25, 0.3) is 0 Å². The van der Waals surface area contributed by atoms with E-state index in [0.29, 0.717) is 6.61 Å². The molecule has 6 nitrogen and oxygen atoms in total. The molecule has 0 spiro atoms. The highest BCUT2D eigenvalue weighted by Crippen LogP contribution is 2.39. The van der Waals surface area contributed by atoms with E-state index >= 15 is 0 Å². The summed E-state index contributed by atoms with van der Waals surface area (Å²) in [6.45, 7) is 3.81. The predicted octanol–water partition coefficient (Wildman–Crippen LogP) is 4.08. The third kappa shape index (κ3) is 3.98. The lowest BCUT2D eigenvalue weighted by molar-refractivity contribution is 0.268. The van der Waals surface area contributed by atoms with E-state index in [4.69, 9.17) is 14.5 Å². The van der Waals surface area contributed by atoms with Gasteiger partial charge in [0, 0.05) is 37.3 Å². The van der Waals surface area contributed by atoms with Crippen molar-refractivity contribution in [3.63, 3.8) is 0 Å². The van der Waals surface area contributed by atoms with Crippen molar-refractivity contribution in [1.82, 2.24) is 14.9 Å². The molecule has 152 valence electrons. The Morgan fingerprint density at radius 3 is 2.64 bits per heavy atom. The fourth-order valence-corrected chi connectivity index (χ4v) is 3.84. The highest BCUT2D eigenvalue weighted by atomic mass is 35.5. The number of H-pyrrole nitrogens is 1. The Kier molecular flexibility index (Phi) is 6.52. The first kappa shape index (κ1) is 20.6. The van der Waals surface area contributed by atoms with Crippen LogP contribution in [0.3, 0.4) is 0 Å². The summed E-state index contributed by atoms with van der Waals surface area (Å²) in [5, 5.41) is 2.31. The lowest BCUT2D eigenvalue weighted by Gasteiger charge is -2.17. The first-order valence-corrected chi connectivity index (χ1v) is 9.68. The second kappa shape index (κ2) is 8.88. The number of rotatable bonds is 7. The van der Waals surface area contributed by atoms with Crippen molar-refractivity contribution in [2.75, 3.05) is 52.3 Å². The molecule has 0 bridgehead atoms. The van der Waals surface area contributed by atoms with Crippen LogP contribution in [-0.2, 0) is 0 Å². The van der Waals surface area contributed by atoms with Crippen LogP contribution < -0.4 is 14.4 Å². The number of hydrogen-bond donors (Lipinski definition) is 1. The Hall–Kier alpha value is -2.18. The van der Waals surface area contributed by atoms with Gasteiger partial charge in [0.2, 0.25) is 0 Å². The third-order valence-corrected chi connectivity index (χ3v) is 5.19. The zero-order valence-corrected chi connectivity index (χ0v) is 17.6. The number of fused-ring (bicyclic) bond motifs is 3. The van der Waals surface area contributed by atoms with Crippen LogP contribution in [0.5, 0.6) is 11.5 Å². The zero-order valence-electron chi connectivity index (χ0n) is 16.8. The van der Waals surface area contributed by atoms with E-state index < -0.39 is 0 Å². The fraction of sp³-hybridized carbons (Fsp3) is 0.476. The van der Waals surface area contributed by atoms with Gasteiger partial charge in [0.05, 0.1) is 30.1 Å². The number of halogens is 1. The number of hydrogen-bond acceptors (Lipinski definition) is 5. The van der Waals surface area contributed by atoms with Crippen LogP contribution in [-0.4, -0.2) is 62.3 Å². The average Bonchev–Trinajstić information content (AvgIpc) is 3.31. The molecule has 1 aliphatic rings. The topological polar surface area (TPSA) is 53.6 Å². The van der Waals surface area contributed by atoms with Crippen molar-refractivity contribution in [2.24, 2.45) is 0 Å². The van der Waals surface area contributed by atoms with Crippen LogP contribution in [0.4, 0.5) is 5.82 Å². The minimum absolute atomic E-state index is 0. The molecule has 1 N–H and O–H groups in total. The molecular weight excluding hydrogens is 376 g/mol. The molecule has 0 atom stereocenters. The monoisotopic (exact) mass is 404 g/mol. The van der Waals surface area contributed by atoms with Crippen LogP contribution in [0.2, 0.25) is 0 Å². The minimum Gasteiger partial charge on any atom is -0.493 e. The van der Waals surface area contributed by atoms with Crippen LogP contribution in [0.1, 0.15) is 19.3 Å². The van der Waals surface area contributed by atoms with Crippen LogP contribution in [0.15, 0.2) is 24.4 Å². The van der Waals surface area contributed by atoms with Crippen molar-refractivity contribution < 1.29 is 9.47 Å². The SMILES string of the molecule is COc1cc2c(cc1OCCCN(C)C)[nH]c1ccnc(N3CCCC3)c12.Cl. The number of aromatic amines is 1. The molecule has 0 unspecified atom stereocenters.